The maximum Gasteiger partial charge on any atom is 0.352 e. The number of oxime groups is 1. The fourth-order valence-electron chi connectivity index (χ4n) is 5.79. The molecule has 5 heterocycles. The van der Waals surface area contributed by atoms with Crippen LogP contribution in [0.15, 0.2) is 81.6 Å². The van der Waals surface area contributed by atoms with Crippen molar-refractivity contribution >= 4 is 80.9 Å². The third-order valence-electron chi connectivity index (χ3n) is 8.95. The third-order valence-corrected chi connectivity index (χ3v) is 12.0. The zero-order valence-corrected chi connectivity index (χ0v) is 33.5. The second-order valence-electron chi connectivity index (χ2n) is 13.4. The number of thiazole rings is 1. The van der Waals surface area contributed by atoms with Gasteiger partial charge in [-0.2, -0.15) is 5.10 Å². The predicted octanol–water partition coefficient (Wildman–Crippen LogP) is 1.75. The van der Waals surface area contributed by atoms with Crippen LogP contribution in [0.25, 0.3) is 16.9 Å². The van der Waals surface area contributed by atoms with Crippen LogP contribution in [-0.4, -0.2) is 114 Å². The highest BCUT2D eigenvalue weighted by Gasteiger charge is 2.54. The number of nitrogens with one attached hydrogen (secondary N) is 3. The summed E-state index contributed by atoms with van der Waals surface area (Å²) >= 11 is 3.46. The molecule has 0 aliphatic carbocycles. The lowest BCUT2D eigenvalue weighted by Crippen LogP contribution is -2.71. The molecule has 2 atom stereocenters. The van der Waals surface area contributed by atoms with Crippen molar-refractivity contribution in [1.29, 1.82) is 0 Å². The SMILES string of the molecule is CC(C)(ON=C(C(=O)N[C@@H]1C(=O)N2C(C(=O)O)=C(CSc3cc(-c4ccc(O)c(O)c4)nc4ccnn34)CS[C@H]12)c1csc(N)n1)C(=O)NNC(=O)c1ccc(O)c(O)c1. The van der Waals surface area contributed by atoms with Gasteiger partial charge in [-0.05, 0) is 61.9 Å². The van der Waals surface area contributed by atoms with Gasteiger partial charge in [-0.1, -0.05) is 5.16 Å². The number of hydrogen-bond donors (Lipinski definition) is 9. The van der Waals surface area contributed by atoms with Crippen LogP contribution in [0.3, 0.4) is 0 Å². The van der Waals surface area contributed by atoms with Gasteiger partial charge in [-0.3, -0.25) is 34.9 Å². The standard InChI is InChI=1S/C36H32N10O11S3/c1-36(2,34(56)43-42-29(51)16-4-6-21(48)23(50)10-16)57-44-26(19-14-60-35(37)40-19)30(52)41-27-31(53)45-28(33(54)55)17(13-59-32(27)45)12-58-25-11-18(39-24-7-8-38-46(24)25)15-3-5-20(47)22(49)9-15/h3-11,14,27,32,47-50H,12-13H2,1-2H3,(H2,37,40)(H,41,52)(H,42,51)(H,43,56)(H,54,55)/t27-,32-/m1/s1. The fraction of sp³-hybridized carbons (Fsp3) is 0.194. The molecule has 0 bridgehead atoms. The van der Waals surface area contributed by atoms with Gasteiger partial charge in [0.05, 0.1) is 11.9 Å². The highest BCUT2D eigenvalue weighted by atomic mass is 32.2. The smallest absolute Gasteiger partial charge is 0.352 e. The molecule has 310 valence electrons. The van der Waals surface area contributed by atoms with Gasteiger partial charge in [0, 0.05) is 34.1 Å². The number of aromatic hydroxyl groups is 4. The quantitative estimate of drug-likeness (QED) is 0.0215. The number of nitrogens with zero attached hydrogens (tertiary/aromatic N) is 6. The number of carbonyl (C=O) groups excluding carboxylic acids is 4. The lowest BCUT2D eigenvalue weighted by atomic mass is 10.0. The van der Waals surface area contributed by atoms with Gasteiger partial charge < -0.3 is 41.4 Å². The molecular formula is C36H32N10O11S3. The predicted molar refractivity (Wildman–Crippen MR) is 216 cm³/mol. The lowest BCUT2D eigenvalue weighted by Gasteiger charge is -2.49. The van der Waals surface area contributed by atoms with Crippen molar-refractivity contribution in [3.63, 3.8) is 0 Å². The molecule has 0 spiro atoms. The van der Waals surface area contributed by atoms with Crippen LogP contribution in [0.5, 0.6) is 23.0 Å². The minimum absolute atomic E-state index is 0.0511. The number of rotatable bonds is 12. The number of carboxylic acid groups (broad SMARTS) is 1. The number of benzene rings is 2. The van der Waals surface area contributed by atoms with Crippen molar-refractivity contribution < 1.29 is 54.3 Å². The number of β-lactam (4-membered cyclic amide) rings is 1. The maximum atomic E-state index is 13.7. The summed E-state index contributed by atoms with van der Waals surface area (Å²) in [6, 6.07) is 9.73. The Bertz CT molecular complexity index is 2660. The number of thioether (sulfide) groups is 2. The van der Waals surface area contributed by atoms with Crippen LogP contribution in [0.4, 0.5) is 5.13 Å². The van der Waals surface area contributed by atoms with E-state index in [0.717, 1.165) is 28.4 Å². The van der Waals surface area contributed by atoms with E-state index in [9.17, 15) is 49.5 Å². The largest absolute Gasteiger partial charge is 0.504 e. The van der Waals surface area contributed by atoms with E-state index in [2.05, 4.69) is 36.4 Å². The number of nitrogens with two attached hydrogens (primary N) is 1. The van der Waals surface area contributed by atoms with E-state index < -0.39 is 63.8 Å². The first-order valence-corrected chi connectivity index (χ1v) is 20.2. The molecule has 1 saturated heterocycles. The van der Waals surface area contributed by atoms with E-state index >= 15 is 0 Å². The fourth-order valence-corrected chi connectivity index (χ4v) is 8.83. The van der Waals surface area contributed by atoms with E-state index in [0.29, 0.717) is 27.5 Å². The maximum absolute atomic E-state index is 13.7. The van der Waals surface area contributed by atoms with Crippen molar-refractivity contribution in [2.45, 2.75) is 35.9 Å². The van der Waals surface area contributed by atoms with Crippen molar-refractivity contribution in [1.82, 2.24) is 40.7 Å². The topological polar surface area (TPSA) is 317 Å². The first kappa shape index (κ1) is 41.1. The molecular weight excluding hydrogens is 845 g/mol. The van der Waals surface area contributed by atoms with Crippen molar-refractivity contribution in [2.75, 3.05) is 17.2 Å². The van der Waals surface area contributed by atoms with Crippen molar-refractivity contribution in [2.24, 2.45) is 5.16 Å². The van der Waals surface area contributed by atoms with Gasteiger partial charge in [-0.25, -0.2) is 19.3 Å². The zero-order chi connectivity index (χ0) is 43.0. The molecule has 2 aromatic carbocycles. The lowest BCUT2D eigenvalue weighted by molar-refractivity contribution is -0.150. The highest BCUT2D eigenvalue weighted by molar-refractivity contribution is 8.01. The Morgan fingerprint density at radius 1 is 1.00 bits per heavy atom. The minimum Gasteiger partial charge on any atom is -0.504 e. The van der Waals surface area contributed by atoms with Gasteiger partial charge in [0.1, 0.15) is 27.8 Å². The van der Waals surface area contributed by atoms with Crippen LogP contribution in [0, 0.1) is 0 Å². The van der Waals surface area contributed by atoms with Crippen LogP contribution in [0.1, 0.15) is 29.9 Å². The second-order valence-corrected chi connectivity index (χ2v) is 16.4. The van der Waals surface area contributed by atoms with E-state index in [1.165, 1.54) is 61.0 Å². The van der Waals surface area contributed by atoms with E-state index in [4.69, 9.17) is 10.6 Å². The molecule has 21 nitrogen and oxygen atoms in total. The summed E-state index contributed by atoms with van der Waals surface area (Å²) in [7, 11) is 0. The van der Waals surface area contributed by atoms with Gasteiger partial charge in [0.15, 0.2) is 39.5 Å². The summed E-state index contributed by atoms with van der Waals surface area (Å²) in [4.78, 5) is 80.7. The van der Waals surface area contributed by atoms with Crippen molar-refractivity contribution in [3.8, 4) is 34.3 Å². The molecule has 4 amide bonds. The van der Waals surface area contributed by atoms with Crippen LogP contribution >= 0.6 is 34.9 Å². The Balaban J connectivity index is 1.04. The Hall–Kier alpha value is -7.05. The molecule has 0 saturated carbocycles. The molecule has 1 fully saturated rings. The Morgan fingerprint density at radius 3 is 2.42 bits per heavy atom. The van der Waals surface area contributed by atoms with E-state index in [1.807, 2.05) is 0 Å². The molecule has 0 unspecified atom stereocenters. The summed E-state index contributed by atoms with van der Waals surface area (Å²) in [6.07, 6.45) is 1.54. The highest BCUT2D eigenvalue weighted by Crippen LogP contribution is 2.42. The second kappa shape index (κ2) is 16.3. The summed E-state index contributed by atoms with van der Waals surface area (Å²) in [5.74, 6) is -6.06. The number of carboxylic acids is 1. The van der Waals surface area contributed by atoms with Crippen LogP contribution in [-0.2, 0) is 24.0 Å². The normalized spacial score (nSPS) is 16.5. The number of nitrogen functional groups attached to an aromatic ring is 1. The van der Waals surface area contributed by atoms with Gasteiger partial charge in [0.25, 0.3) is 23.6 Å². The van der Waals surface area contributed by atoms with Gasteiger partial charge >= 0.3 is 5.97 Å². The monoisotopic (exact) mass is 876 g/mol. The molecule has 7 rings (SSSR count). The first-order chi connectivity index (χ1) is 28.5. The molecule has 3 aromatic heterocycles. The Morgan fingerprint density at radius 2 is 1.73 bits per heavy atom. The molecule has 5 aromatic rings. The molecule has 10 N–H and O–H groups in total. The minimum atomic E-state index is -1.83. The molecule has 0 radical (unpaired) electrons. The Labute approximate surface area is 349 Å². The number of fused-ring (bicyclic) bond motifs is 2. The number of hydrogen-bond acceptors (Lipinski definition) is 18. The average Bonchev–Trinajstić information content (AvgIpc) is 3.88. The molecule has 2 aliphatic heterocycles. The number of aliphatic carboxylic acids is 1. The first-order valence-electron chi connectivity index (χ1n) is 17.3. The number of phenolic OH excluding ortho intramolecular Hbond substituents is 4. The average molecular weight is 877 g/mol. The summed E-state index contributed by atoms with van der Waals surface area (Å²) in [5, 5.41) is 61.3. The number of aromatic nitrogens is 4. The van der Waals surface area contributed by atoms with Crippen LogP contribution < -0.4 is 21.9 Å². The summed E-state index contributed by atoms with van der Waals surface area (Å²) in [6.45, 7) is 2.56. The molecule has 60 heavy (non-hydrogen) atoms. The molecule has 24 heteroatoms. The summed E-state index contributed by atoms with van der Waals surface area (Å²) in [5.41, 5.74) is 9.31. The Kier molecular flexibility index (Phi) is 11.2. The number of amides is 4. The van der Waals surface area contributed by atoms with Crippen molar-refractivity contribution in [3.05, 3.63) is 82.6 Å². The number of anilines is 1. The molecule has 2 aliphatic rings. The van der Waals surface area contributed by atoms with E-state index in [1.54, 1.807) is 28.9 Å². The van der Waals surface area contributed by atoms with E-state index in [-0.39, 0.29) is 45.1 Å². The third kappa shape index (κ3) is 8.14. The van der Waals surface area contributed by atoms with Gasteiger partial charge in [0.2, 0.25) is 5.60 Å². The number of phenols is 4. The number of carbonyl (C=O) groups is 5. The summed E-state index contributed by atoms with van der Waals surface area (Å²) < 4.78 is 1.56. The van der Waals surface area contributed by atoms with Gasteiger partial charge in [-0.15, -0.1) is 34.9 Å². The van der Waals surface area contributed by atoms with Crippen LogP contribution in [0.2, 0.25) is 0 Å². The zero-order valence-electron chi connectivity index (χ0n) is 31.0. The number of hydrazine groups is 1.